The molecule has 6 nitrogen and oxygen atoms in total. The summed E-state index contributed by atoms with van der Waals surface area (Å²) < 4.78 is 6.33. The number of amides is 1. The number of aryl methyl sites for hydroxylation is 1. The number of esters is 1. The van der Waals surface area contributed by atoms with Gasteiger partial charge in [0.2, 0.25) is 0 Å². The number of rotatable bonds is 7. The van der Waals surface area contributed by atoms with E-state index in [4.69, 9.17) is 27.9 Å². The number of carbonyl (C=O) groups is 2. The van der Waals surface area contributed by atoms with Crippen molar-refractivity contribution in [3.05, 3.63) is 122 Å². The molecule has 0 atom stereocenters. The molecule has 0 radical (unpaired) electrons. The Morgan fingerprint density at radius 1 is 1.00 bits per heavy atom. The zero-order chi connectivity index (χ0) is 28.2. The lowest BCUT2D eigenvalue weighted by Gasteiger charge is -2.09. The van der Waals surface area contributed by atoms with E-state index in [1.54, 1.807) is 24.3 Å². The summed E-state index contributed by atoms with van der Waals surface area (Å²) in [7, 11) is 0. The number of hydrogen-bond acceptors (Lipinski definition) is 4. The van der Waals surface area contributed by atoms with E-state index >= 15 is 0 Å². The summed E-state index contributed by atoms with van der Waals surface area (Å²) in [5.74, 6) is -0.824. The Hall–Kier alpha value is -3.91. The number of benzene rings is 4. The number of hydrogen-bond donors (Lipinski definition) is 2. The number of nitrogens with one attached hydrogen (secondary N) is 2. The van der Waals surface area contributed by atoms with Crippen molar-refractivity contribution in [3.8, 4) is 16.9 Å². The van der Waals surface area contributed by atoms with Gasteiger partial charge in [0.25, 0.3) is 5.91 Å². The summed E-state index contributed by atoms with van der Waals surface area (Å²) >= 11 is 15.5. The highest BCUT2D eigenvalue weighted by Gasteiger charge is 2.20. The fraction of sp³-hybridized carbons (Fsp3) is 0.0645. The fourth-order valence-corrected chi connectivity index (χ4v) is 5.25. The number of halogens is 3. The van der Waals surface area contributed by atoms with Crippen LogP contribution < -0.4 is 10.2 Å². The third-order valence-electron chi connectivity index (χ3n) is 6.29. The van der Waals surface area contributed by atoms with Gasteiger partial charge in [-0.05, 0) is 53.9 Å². The van der Waals surface area contributed by atoms with Gasteiger partial charge in [0.15, 0.2) is 0 Å². The molecule has 0 aliphatic heterocycles. The lowest BCUT2D eigenvalue weighted by atomic mass is 10.00. The SMILES string of the molecule is CCc1cccc2c(-c3ccccc3)c(C(=O)NN=Cc3cc(Br)ccc3OC(=O)c3ccc(Cl)cc3Cl)[nH]c12. The number of nitrogens with zero attached hydrogens (tertiary/aromatic N) is 1. The molecule has 0 unspecified atom stereocenters. The van der Waals surface area contributed by atoms with Crippen LogP contribution in [0.3, 0.4) is 0 Å². The normalized spacial score (nSPS) is 11.2. The first kappa shape index (κ1) is 27.6. The molecule has 0 bridgehead atoms. The first-order valence-electron chi connectivity index (χ1n) is 12.3. The van der Waals surface area contributed by atoms with E-state index < -0.39 is 11.9 Å². The average molecular weight is 635 g/mol. The summed E-state index contributed by atoms with van der Waals surface area (Å²) in [4.78, 5) is 29.5. The van der Waals surface area contributed by atoms with E-state index in [-0.39, 0.29) is 16.3 Å². The molecule has 1 amide bonds. The average Bonchev–Trinajstić information content (AvgIpc) is 3.35. The summed E-state index contributed by atoms with van der Waals surface area (Å²) in [6.07, 6.45) is 2.23. The van der Waals surface area contributed by atoms with Gasteiger partial charge in [-0.15, -0.1) is 0 Å². The molecule has 5 aromatic rings. The number of aromatic nitrogens is 1. The van der Waals surface area contributed by atoms with Gasteiger partial charge in [-0.25, -0.2) is 10.2 Å². The van der Waals surface area contributed by atoms with Crippen LogP contribution in [0.1, 0.15) is 38.9 Å². The van der Waals surface area contributed by atoms with Crippen molar-refractivity contribution in [2.45, 2.75) is 13.3 Å². The molecule has 1 heterocycles. The van der Waals surface area contributed by atoms with E-state index in [1.165, 1.54) is 18.3 Å². The summed E-state index contributed by atoms with van der Waals surface area (Å²) in [5.41, 5.74) is 7.38. The van der Waals surface area contributed by atoms with Crippen molar-refractivity contribution in [1.29, 1.82) is 0 Å². The highest BCUT2D eigenvalue weighted by molar-refractivity contribution is 9.10. The largest absolute Gasteiger partial charge is 0.422 e. The van der Waals surface area contributed by atoms with Gasteiger partial charge in [-0.3, -0.25) is 4.79 Å². The van der Waals surface area contributed by atoms with E-state index in [2.05, 4.69) is 38.4 Å². The fourth-order valence-electron chi connectivity index (χ4n) is 4.39. The minimum absolute atomic E-state index is 0.170. The molecule has 2 N–H and O–H groups in total. The van der Waals surface area contributed by atoms with Crippen LogP contribution in [-0.2, 0) is 6.42 Å². The number of H-pyrrole nitrogens is 1. The molecule has 9 heteroatoms. The van der Waals surface area contributed by atoms with Crippen molar-refractivity contribution in [1.82, 2.24) is 10.4 Å². The molecule has 0 saturated heterocycles. The standard InChI is InChI=1S/C31H22BrCl2N3O3/c1-2-18-9-6-10-24-27(19-7-4-3-5-8-19)29(36-28(18)24)30(38)37-35-17-20-15-21(32)11-14-26(20)40-31(39)23-13-12-22(33)16-25(23)34/h3-17,36H,2H2,1H3,(H,37,38). The van der Waals surface area contributed by atoms with Gasteiger partial charge in [0.1, 0.15) is 11.4 Å². The Morgan fingerprint density at radius 3 is 2.55 bits per heavy atom. The van der Waals surface area contributed by atoms with E-state index in [0.29, 0.717) is 16.3 Å². The van der Waals surface area contributed by atoms with Gasteiger partial charge in [0, 0.05) is 31.5 Å². The summed E-state index contributed by atoms with van der Waals surface area (Å²) in [6.45, 7) is 2.07. The van der Waals surface area contributed by atoms with Crippen LogP contribution in [0, 0.1) is 0 Å². The number of carbonyl (C=O) groups excluding carboxylic acids is 2. The zero-order valence-corrected chi connectivity index (χ0v) is 24.3. The van der Waals surface area contributed by atoms with Gasteiger partial charge >= 0.3 is 5.97 Å². The second-order valence-corrected chi connectivity index (χ2v) is 10.6. The highest BCUT2D eigenvalue weighted by atomic mass is 79.9. The monoisotopic (exact) mass is 633 g/mol. The zero-order valence-electron chi connectivity index (χ0n) is 21.2. The molecule has 1 aromatic heterocycles. The van der Waals surface area contributed by atoms with Gasteiger partial charge in [-0.2, -0.15) is 5.10 Å². The number of ether oxygens (including phenoxy) is 1. The molecule has 0 fully saturated rings. The van der Waals surface area contributed by atoms with E-state index in [1.807, 2.05) is 48.5 Å². The molecule has 0 spiro atoms. The van der Waals surface area contributed by atoms with Crippen molar-refractivity contribution in [2.75, 3.05) is 0 Å². The molecular weight excluding hydrogens is 613 g/mol. The highest BCUT2D eigenvalue weighted by Crippen LogP contribution is 2.34. The lowest BCUT2D eigenvalue weighted by molar-refractivity contribution is 0.0734. The molecule has 5 rings (SSSR count). The maximum absolute atomic E-state index is 13.4. The molecule has 40 heavy (non-hydrogen) atoms. The smallest absolute Gasteiger partial charge is 0.345 e. The Labute approximate surface area is 249 Å². The Kier molecular flexibility index (Phi) is 8.35. The van der Waals surface area contributed by atoms with Gasteiger partial charge in [-0.1, -0.05) is 94.6 Å². The molecule has 0 aliphatic rings. The Bertz CT molecular complexity index is 1770. The molecular formula is C31H22BrCl2N3O3. The third-order valence-corrected chi connectivity index (χ3v) is 7.33. The van der Waals surface area contributed by atoms with Gasteiger partial charge < -0.3 is 9.72 Å². The van der Waals surface area contributed by atoms with Crippen molar-refractivity contribution in [2.24, 2.45) is 5.10 Å². The van der Waals surface area contributed by atoms with Crippen LogP contribution in [-0.4, -0.2) is 23.1 Å². The van der Waals surface area contributed by atoms with Gasteiger partial charge in [0.05, 0.1) is 16.8 Å². The minimum atomic E-state index is -0.653. The van der Waals surface area contributed by atoms with E-state index in [9.17, 15) is 9.59 Å². The second kappa shape index (κ2) is 12.1. The number of para-hydroxylation sites is 1. The Balaban J connectivity index is 1.43. The maximum Gasteiger partial charge on any atom is 0.345 e. The van der Waals surface area contributed by atoms with Crippen LogP contribution in [0.4, 0.5) is 0 Å². The van der Waals surface area contributed by atoms with Crippen LogP contribution in [0.25, 0.3) is 22.0 Å². The quantitative estimate of drug-likeness (QED) is 0.0815. The van der Waals surface area contributed by atoms with Crippen LogP contribution in [0.2, 0.25) is 10.0 Å². The summed E-state index contributed by atoms with van der Waals surface area (Å²) in [5, 5.41) is 5.72. The van der Waals surface area contributed by atoms with Crippen molar-refractivity contribution >= 4 is 68.1 Å². The molecule has 0 aliphatic carbocycles. The topological polar surface area (TPSA) is 83.5 Å². The second-order valence-electron chi connectivity index (χ2n) is 8.83. The third kappa shape index (κ3) is 5.82. The minimum Gasteiger partial charge on any atom is -0.422 e. The number of hydrazone groups is 1. The van der Waals surface area contributed by atoms with Crippen molar-refractivity contribution in [3.63, 3.8) is 0 Å². The van der Waals surface area contributed by atoms with Crippen LogP contribution >= 0.6 is 39.1 Å². The van der Waals surface area contributed by atoms with Crippen molar-refractivity contribution < 1.29 is 14.3 Å². The first-order valence-corrected chi connectivity index (χ1v) is 13.9. The number of fused-ring (bicyclic) bond motifs is 1. The van der Waals surface area contributed by atoms with Crippen LogP contribution in [0.5, 0.6) is 5.75 Å². The van der Waals surface area contributed by atoms with Crippen LogP contribution in [0.15, 0.2) is 94.5 Å². The predicted octanol–water partition coefficient (Wildman–Crippen LogP) is 8.45. The first-order chi connectivity index (χ1) is 19.4. The van der Waals surface area contributed by atoms with E-state index in [0.717, 1.165) is 38.5 Å². The molecule has 0 saturated carbocycles. The Morgan fingerprint density at radius 2 is 1.80 bits per heavy atom. The molecule has 4 aromatic carbocycles. The summed E-state index contributed by atoms with van der Waals surface area (Å²) in [6, 6.07) is 25.4. The predicted molar refractivity (Wildman–Crippen MR) is 164 cm³/mol. The molecule has 200 valence electrons. The lowest BCUT2D eigenvalue weighted by Crippen LogP contribution is -2.19. The number of aromatic amines is 1. The maximum atomic E-state index is 13.4.